The number of benzene rings is 2. The van der Waals surface area contributed by atoms with E-state index >= 15 is 0 Å². The Labute approximate surface area is 120 Å². The molecule has 0 radical (unpaired) electrons. The maximum Gasteiger partial charge on any atom is 0.253 e. The lowest BCUT2D eigenvalue weighted by Gasteiger charge is -2.09. The van der Waals surface area contributed by atoms with Crippen molar-refractivity contribution in [3.63, 3.8) is 0 Å². The number of methoxy groups -OCH3 is 1. The average molecular weight is 292 g/mol. The van der Waals surface area contributed by atoms with Gasteiger partial charge in [-0.25, -0.2) is 8.78 Å². The molecule has 0 aromatic heterocycles. The molecule has 1 amide bonds. The molecule has 0 saturated heterocycles. The molecule has 110 valence electrons. The summed E-state index contributed by atoms with van der Waals surface area (Å²) in [4.78, 5) is 11.9. The van der Waals surface area contributed by atoms with Crippen LogP contribution in [0.25, 0.3) is 0 Å². The van der Waals surface area contributed by atoms with Crippen LogP contribution < -0.4 is 15.8 Å². The Morgan fingerprint density at radius 2 is 1.86 bits per heavy atom. The maximum absolute atomic E-state index is 13.3. The second-order valence-corrected chi connectivity index (χ2v) is 4.35. The molecule has 0 aliphatic carbocycles. The molecule has 2 aromatic carbocycles. The molecule has 2 rings (SSSR count). The number of hydrogen-bond acceptors (Lipinski definition) is 3. The van der Waals surface area contributed by atoms with Gasteiger partial charge in [-0.3, -0.25) is 4.79 Å². The third-order valence-electron chi connectivity index (χ3n) is 2.99. The van der Waals surface area contributed by atoms with Gasteiger partial charge in [0, 0.05) is 6.54 Å². The van der Waals surface area contributed by atoms with Crippen molar-refractivity contribution in [3.05, 3.63) is 59.2 Å². The van der Waals surface area contributed by atoms with Crippen molar-refractivity contribution in [2.45, 2.75) is 6.54 Å². The van der Waals surface area contributed by atoms with E-state index in [0.29, 0.717) is 5.75 Å². The molecule has 0 spiro atoms. The summed E-state index contributed by atoms with van der Waals surface area (Å²) in [6, 6.07) is 9.10. The largest absolute Gasteiger partial charge is 0.497 e. The number of carbonyl (C=O) groups excluding carboxylic acids is 1. The number of nitrogen functional groups attached to an aromatic ring is 1. The van der Waals surface area contributed by atoms with Gasteiger partial charge < -0.3 is 15.8 Å². The van der Waals surface area contributed by atoms with Crippen LogP contribution >= 0.6 is 0 Å². The quantitative estimate of drug-likeness (QED) is 0.851. The van der Waals surface area contributed by atoms with E-state index < -0.39 is 23.2 Å². The van der Waals surface area contributed by atoms with Gasteiger partial charge in [0.1, 0.15) is 5.75 Å². The highest BCUT2D eigenvalue weighted by Gasteiger charge is 2.15. The zero-order valence-corrected chi connectivity index (χ0v) is 11.3. The molecule has 0 heterocycles. The molecule has 3 N–H and O–H groups in total. The summed E-state index contributed by atoms with van der Waals surface area (Å²) >= 11 is 0. The predicted octanol–water partition coefficient (Wildman–Crippen LogP) is 2.49. The van der Waals surface area contributed by atoms with Crippen molar-refractivity contribution >= 4 is 11.6 Å². The first-order valence-corrected chi connectivity index (χ1v) is 6.17. The van der Waals surface area contributed by atoms with Gasteiger partial charge in [0.2, 0.25) is 0 Å². The normalized spacial score (nSPS) is 10.2. The van der Waals surface area contributed by atoms with Crippen LogP contribution in [0.1, 0.15) is 15.9 Å². The monoisotopic (exact) mass is 292 g/mol. The minimum atomic E-state index is -1.22. The number of carbonyl (C=O) groups is 1. The molecule has 0 aliphatic rings. The lowest BCUT2D eigenvalue weighted by Crippen LogP contribution is -2.24. The van der Waals surface area contributed by atoms with Crippen molar-refractivity contribution in [2.24, 2.45) is 0 Å². The lowest BCUT2D eigenvalue weighted by atomic mass is 10.1. The van der Waals surface area contributed by atoms with E-state index in [9.17, 15) is 13.6 Å². The number of amides is 1. The molecule has 0 unspecified atom stereocenters. The highest BCUT2D eigenvalue weighted by molar-refractivity contribution is 5.99. The SMILES string of the molecule is COc1ccc(CNC(=O)c2ccc(F)c(F)c2N)cc1. The highest BCUT2D eigenvalue weighted by Crippen LogP contribution is 2.19. The van der Waals surface area contributed by atoms with E-state index in [1.54, 1.807) is 31.4 Å². The van der Waals surface area contributed by atoms with Crippen molar-refractivity contribution in [1.82, 2.24) is 5.32 Å². The minimum Gasteiger partial charge on any atom is -0.497 e. The number of hydrogen-bond donors (Lipinski definition) is 2. The van der Waals surface area contributed by atoms with Gasteiger partial charge in [-0.2, -0.15) is 0 Å². The Kier molecular flexibility index (Phi) is 4.37. The number of nitrogens with one attached hydrogen (secondary N) is 1. The minimum absolute atomic E-state index is 0.0950. The van der Waals surface area contributed by atoms with Crippen molar-refractivity contribution in [1.29, 1.82) is 0 Å². The molecule has 0 bridgehead atoms. The van der Waals surface area contributed by atoms with Crippen molar-refractivity contribution in [2.75, 3.05) is 12.8 Å². The third-order valence-corrected chi connectivity index (χ3v) is 2.99. The lowest BCUT2D eigenvalue weighted by molar-refractivity contribution is 0.0951. The van der Waals surface area contributed by atoms with E-state index in [-0.39, 0.29) is 12.1 Å². The molecule has 4 nitrogen and oxygen atoms in total. The van der Waals surface area contributed by atoms with E-state index in [2.05, 4.69) is 5.32 Å². The summed E-state index contributed by atoms with van der Waals surface area (Å²) in [5.74, 6) is -2.16. The van der Waals surface area contributed by atoms with E-state index in [1.165, 1.54) is 0 Å². The number of anilines is 1. The van der Waals surface area contributed by atoms with E-state index in [0.717, 1.165) is 17.7 Å². The molecule has 0 atom stereocenters. The molecular formula is C15H14F2N2O2. The Morgan fingerprint density at radius 1 is 1.19 bits per heavy atom. The highest BCUT2D eigenvalue weighted by atomic mass is 19.2. The van der Waals surface area contributed by atoms with E-state index in [4.69, 9.17) is 10.5 Å². The van der Waals surface area contributed by atoms with Gasteiger partial charge in [-0.1, -0.05) is 12.1 Å². The van der Waals surface area contributed by atoms with Crippen molar-refractivity contribution < 1.29 is 18.3 Å². The van der Waals surface area contributed by atoms with Crippen LogP contribution in [0.4, 0.5) is 14.5 Å². The number of ether oxygens (including phenoxy) is 1. The van der Waals surface area contributed by atoms with Gasteiger partial charge in [0.05, 0.1) is 18.4 Å². The summed E-state index contributed by atoms with van der Waals surface area (Å²) in [5, 5.41) is 2.59. The van der Waals surface area contributed by atoms with E-state index in [1.807, 2.05) is 0 Å². The van der Waals surface area contributed by atoms with Crippen molar-refractivity contribution in [3.8, 4) is 5.75 Å². The fraction of sp³-hybridized carbons (Fsp3) is 0.133. The fourth-order valence-corrected chi connectivity index (χ4v) is 1.79. The van der Waals surface area contributed by atoms with Crippen LogP contribution in [0.15, 0.2) is 36.4 Å². The molecule has 21 heavy (non-hydrogen) atoms. The summed E-state index contributed by atoms with van der Waals surface area (Å²) < 4.78 is 31.3. The Balaban J connectivity index is 2.06. The first-order valence-electron chi connectivity index (χ1n) is 6.17. The smallest absolute Gasteiger partial charge is 0.253 e. The molecular weight excluding hydrogens is 278 g/mol. The van der Waals surface area contributed by atoms with Crippen LogP contribution in [-0.4, -0.2) is 13.0 Å². The second kappa shape index (κ2) is 6.21. The van der Waals surface area contributed by atoms with Gasteiger partial charge in [0.25, 0.3) is 5.91 Å². The molecule has 0 fully saturated rings. The predicted molar refractivity (Wildman–Crippen MR) is 74.9 cm³/mol. The summed E-state index contributed by atoms with van der Waals surface area (Å²) in [6.45, 7) is 0.237. The van der Waals surface area contributed by atoms with Crippen LogP contribution in [0.5, 0.6) is 5.75 Å². The number of rotatable bonds is 4. The summed E-state index contributed by atoms with van der Waals surface area (Å²) in [6.07, 6.45) is 0. The van der Waals surface area contributed by atoms with Gasteiger partial charge in [-0.05, 0) is 29.8 Å². The third kappa shape index (κ3) is 3.28. The van der Waals surface area contributed by atoms with Gasteiger partial charge in [-0.15, -0.1) is 0 Å². The Bertz CT molecular complexity index is 657. The fourth-order valence-electron chi connectivity index (χ4n) is 1.79. The Hall–Kier alpha value is -2.63. The summed E-state index contributed by atoms with van der Waals surface area (Å²) in [7, 11) is 1.56. The molecule has 2 aromatic rings. The number of halogens is 2. The molecule has 6 heteroatoms. The average Bonchev–Trinajstić information content (AvgIpc) is 2.51. The van der Waals surface area contributed by atoms with Gasteiger partial charge in [0.15, 0.2) is 11.6 Å². The standard InChI is InChI=1S/C15H14F2N2O2/c1-21-10-4-2-9(3-5-10)8-19-15(20)11-6-7-12(16)13(17)14(11)18/h2-7H,8,18H2,1H3,(H,19,20). The molecule has 0 aliphatic heterocycles. The van der Waals surface area contributed by atoms with Crippen LogP contribution in [0.3, 0.4) is 0 Å². The number of nitrogens with two attached hydrogens (primary N) is 1. The first kappa shape index (κ1) is 14.8. The maximum atomic E-state index is 13.3. The summed E-state index contributed by atoms with van der Waals surface area (Å²) in [5.41, 5.74) is 5.64. The first-order chi connectivity index (χ1) is 10.0. The van der Waals surface area contributed by atoms with Crippen LogP contribution in [0.2, 0.25) is 0 Å². The van der Waals surface area contributed by atoms with Gasteiger partial charge >= 0.3 is 0 Å². The second-order valence-electron chi connectivity index (χ2n) is 4.35. The zero-order chi connectivity index (χ0) is 15.4. The van der Waals surface area contributed by atoms with Crippen LogP contribution in [-0.2, 0) is 6.54 Å². The van der Waals surface area contributed by atoms with Crippen LogP contribution in [0, 0.1) is 11.6 Å². The zero-order valence-electron chi connectivity index (χ0n) is 11.3. The topological polar surface area (TPSA) is 64.3 Å². The Morgan fingerprint density at radius 3 is 2.48 bits per heavy atom. The molecule has 0 saturated carbocycles.